The van der Waals surface area contributed by atoms with E-state index in [1.807, 2.05) is 20.8 Å². The zero-order valence-corrected chi connectivity index (χ0v) is 9.12. The second kappa shape index (κ2) is 3.14. The first-order valence-corrected chi connectivity index (χ1v) is 4.69. The fourth-order valence-corrected chi connectivity index (χ4v) is 2.22. The van der Waals surface area contributed by atoms with E-state index in [-0.39, 0.29) is 12.0 Å². The zero-order valence-electron chi connectivity index (χ0n) is 9.12. The molecule has 6 heteroatoms. The minimum absolute atomic E-state index is 0.261. The Hall–Kier alpha value is 0.285. The molecule has 0 aliphatic carbocycles. The van der Waals surface area contributed by atoms with Gasteiger partial charge in [0.1, 0.15) is 0 Å². The molecule has 14 heavy (non-hydrogen) atoms. The summed E-state index contributed by atoms with van der Waals surface area (Å²) in [5.74, 6) is -0.530. The molecule has 0 aromatic carbocycles. The monoisotopic (exact) mass is 177 g/mol. The highest BCUT2D eigenvalue weighted by molar-refractivity contribution is 6.48. The second-order valence-electron chi connectivity index (χ2n) is 5.27. The van der Waals surface area contributed by atoms with E-state index in [9.17, 15) is 0 Å². The molecule has 0 aromatic rings. The molecule has 0 aromatic heterocycles. The smallest absolute Gasteiger partial charge is 0.0897 e. The van der Waals surface area contributed by atoms with Crippen LogP contribution in [0.3, 0.4) is 0 Å². The van der Waals surface area contributed by atoms with Crippen molar-refractivity contribution in [1.82, 2.24) is 4.90 Å². The predicted octanol–water partition coefficient (Wildman–Crippen LogP) is -0.571. The van der Waals surface area contributed by atoms with E-state index < -0.39 is 16.5 Å². The summed E-state index contributed by atoms with van der Waals surface area (Å²) < 4.78 is 0. The Morgan fingerprint density at radius 3 is 1.71 bits per heavy atom. The fraction of sp³-hybridized carbons (Fsp3) is 1.00. The van der Waals surface area contributed by atoms with Crippen LogP contribution in [-0.4, -0.2) is 60.9 Å². The average Bonchev–Trinajstić information content (AvgIpc) is 1.93. The zero-order chi connectivity index (χ0) is 11.4. The van der Waals surface area contributed by atoms with Crippen molar-refractivity contribution in [2.24, 2.45) is 0 Å². The van der Waals surface area contributed by atoms with Gasteiger partial charge in [-0.15, -0.1) is 0 Å². The molecule has 1 saturated heterocycles. The minimum atomic E-state index is -1.04. The third-order valence-corrected chi connectivity index (χ3v) is 2.59. The van der Waals surface area contributed by atoms with Crippen LogP contribution in [-0.2, 0) is 0 Å². The maximum atomic E-state index is 5.94. The van der Waals surface area contributed by atoms with Gasteiger partial charge in [-0.2, -0.15) is 0 Å². The van der Waals surface area contributed by atoms with Crippen molar-refractivity contribution in [3.63, 3.8) is 0 Å². The van der Waals surface area contributed by atoms with Gasteiger partial charge in [-0.05, 0) is 26.7 Å². The van der Waals surface area contributed by atoms with Gasteiger partial charge in [-0.1, -0.05) is 17.0 Å². The summed E-state index contributed by atoms with van der Waals surface area (Å²) in [4.78, 5) is 1.76. The summed E-state index contributed by atoms with van der Waals surface area (Å²) in [6, 6.07) is 0. The standard InChI is InChI=1S/C8H12B5N/c1-6(2,3)14-5(9)7(10,11)4-8(14,12)13/h5H,4H2,1-3H3. The number of rotatable bonds is 0. The van der Waals surface area contributed by atoms with E-state index in [0.717, 1.165) is 0 Å². The lowest BCUT2D eigenvalue weighted by molar-refractivity contribution is 0.121. The summed E-state index contributed by atoms with van der Waals surface area (Å²) in [5.41, 5.74) is -0.261. The van der Waals surface area contributed by atoms with Gasteiger partial charge in [0.2, 0.25) is 0 Å². The van der Waals surface area contributed by atoms with Crippen molar-refractivity contribution in [2.45, 2.75) is 49.2 Å². The topological polar surface area (TPSA) is 3.24 Å². The molecule has 1 aliphatic rings. The number of hydrogen-bond donors (Lipinski definition) is 0. The summed E-state index contributed by atoms with van der Waals surface area (Å²) in [6.07, 6.45) is 0.276. The van der Waals surface area contributed by atoms with E-state index >= 15 is 0 Å². The Labute approximate surface area is 93.8 Å². The van der Waals surface area contributed by atoms with Crippen molar-refractivity contribution in [3.05, 3.63) is 0 Å². The van der Waals surface area contributed by atoms with Crippen molar-refractivity contribution in [3.8, 4) is 0 Å². The van der Waals surface area contributed by atoms with Crippen LogP contribution in [0.4, 0.5) is 0 Å². The average molecular weight is 176 g/mol. The molecule has 64 valence electrons. The van der Waals surface area contributed by atoms with Gasteiger partial charge in [0.25, 0.3) is 0 Å². The summed E-state index contributed by atoms with van der Waals surface area (Å²) in [7, 11) is 29.5. The molecular weight excluding hydrogens is 164 g/mol. The molecule has 1 fully saturated rings. The molecule has 1 aliphatic heterocycles. The first-order chi connectivity index (χ1) is 5.98. The first-order valence-electron chi connectivity index (χ1n) is 4.69. The quantitative estimate of drug-likeness (QED) is 0.447. The maximum absolute atomic E-state index is 5.94. The van der Waals surface area contributed by atoms with Crippen molar-refractivity contribution < 1.29 is 0 Å². The third kappa shape index (κ3) is 1.96. The molecule has 1 rings (SSSR count). The van der Waals surface area contributed by atoms with Crippen LogP contribution in [0.5, 0.6) is 0 Å². The van der Waals surface area contributed by atoms with Gasteiger partial charge in [0.05, 0.1) is 39.2 Å². The maximum Gasteiger partial charge on any atom is 0.0897 e. The van der Waals surface area contributed by atoms with Gasteiger partial charge >= 0.3 is 0 Å². The largest absolute Gasteiger partial charge is 0.316 e. The van der Waals surface area contributed by atoms with Gasteiger partial charge in [-0.3, -0.25) is 0 Å². The molecule has 10 radical (unpaired) electrons. The van der Waals surface area contributed by atoms with Gasteiger partial charge < -0.3 is 4.90 Å². The third-order valence-electron chi connectivity index (χ3n) is 2.59. The highest BCUT2D eigenvalue weighted by Gasteiger charge is 2.49. The van der Waals surface area contributed by atoms with Crippen LogP contribution in [0.2, 0.25) is 5.21 Å². The Morgan fingerprint density at radius 2 is 1.57 bits per heavy atom. The molecule has 1 unspecified atom stereocenters. The van der Waals surface area contributed by atoms with Crippen molar-refractivity contribution >= 4 is 39.2 Å². The van der Waals surface area contributed by atoms with Crippen LogP contribution in [0, 0.1) is 0 Å². The lowest BCUT2D eigenvalue weighted by Gasteiger charge is -2.47. The van der Waals surface area contributed by atoms with Crippen LogP contribution >= 0.6 is 0 Å². The Kier molecular flexibility index (Phi) is 2.77. The highest BCUT2D eigenvalue weighted by atomic mass is 15.3. The Bertz CT molecular complexity index is 232. The predicted molar refractivity (Wildman–Crippen MR) is 64.2 cm³/mol. The normalized spacial score (nSPS) is 31.8. The van der Waals surface area contributed by atoms with Gasteiger partial charge in [-0.25, -0.2) is 0 Å². The van der Waals surface area contributed by atoms with E-state index in [4.69, 9.17) is 39.2 Å². The van der Waals surface area contributed by atoms with Crippen LogP contribution in [0.1, 0.15) is 27.2 Å². The number of hydrogen-bond acceptors (Lipinski definition) is 1. The molecule has 0 N–H and O–H groups in total. The molecule has 1 atom stereocenters. The van der Waals surface area contributed by atoms with Gasteiger partial charge in [0.15, 0.2) is 0 Å². The summed E-state index contributed by atoms with van der Waals surface area (Å²) >= 11 is 0. The van der Waals surface area contributed by atoms with E-state index in [1.54, 1.807) is 4.90 Å². The second-order valence-corrected chi connectivity index (χ2v) is 5.27. The van der Waals surface area contributed by atoms with Crippen molar-refractivity contribution in [1.29, 1.82) is 0 Å². The lowest BCUT2D eigenvalue weighted by Crippen LogP contribution is -2.58. The molecule has 0 saturated carbocycles. The molecule has 0 bridgehead atoms. The minimum Gasteiger partial charge on any atom is -0.316 e. The molecule has 0 spiro atoms. The van der Waals surface area contributed by atoms with E-state index in [1.165, 1.54) is 0 Å². The fourth-order valence-electron chi connectivity index (χ4n) is 2.22. The molecule has 1 heterocycles. The summed E-state index contributed by atoms with van der Waals surface area (Å²) in [6.45, 7) is 5.92. The number of likely N-dealkylation sites (tertiary alicyclic amines) is 1. The Morgan fingerprint density at radius 1 is 1.14 bits per heavy atom. The first kappa shape index (κ1) is 12.4. The molecule has 0 amide bonds. The SMILES string of the molecule is [B]C1N(C(C)(C)C)C([B])([B])CC1([B])[B]. The Balaban J connectivity index is 3.06. The van der Waals surface area contributed by atoms with E-state index in [0.29, 0.717) is 0 Å². The number of nitrogens with zero attached hydrogens (tertiary/aromatic N) is 1. The van der Waals surface area contributed by atoms with Crippen LogP contribution in [0.25, 0.3) is 0 Å². The van der Waals surface area contributed by atoms with Gasteiger partial charge in [0, 0.05) is 5.54 Å². The molecule has 1 nitrogen and oxygen atoms in total. The van der Waals surface area contributed by atoms with Crippen molar-refractivity contribution in [2.75, 3.05) is 0 Å². The van der Waals surface area contributed by atoms with Crippen LogP contribution < -0.4 is 0 Å². The lowest BCUT2D eigenvalue weighted by atomic mass is 9.43. The van der Waals surface area contributed by atoms with Crippen LogP contribution in [0.15, 0.2) is 0 Å². The van der Waals surface area contributed by atoms with E-state index in [2.05, 4.69) is 0 Å². The summed E-state index contributed by atoms with van der Waals surface area (Å²) in [5, 5.41) is -2.07. The molecular formula is C8H12B5N. The highest BCUT2D eigenvalue weighted by Crippen LogP contribution is 2.46.